The first-order chi connectivity index (χ1) is 11.0. The van der Waals surface area contributed by atoms with Crippen LogP contribution in [0.3, 0.4) is 0 Å². The second-order valence-corrected chi connectivity index (χ2v) is 6.48. The first-order valence-corrected chi connectivity index (χ1v) is 8.31. The van der Waals surface area contributed by atoms with Gasteiger partial charge in [-0.25, -0.2) is 4.79 Å². The summed E-state index contributed by atoms with van der Waals surface area (Å²) in [5.74, 6) is 0. The molecule has 4 heteroatoms. The van der Waals surface area contributed by atoms with Gasteiger partial charge in [0.1, 0.15) is 0 Å². The van der Waals surface area contributed by atoms with Crippen LogP contribution in [0.1, 0.15) is 41.9 Å². The van der Waals surface area contributed by atoms with Gasteiger partial charge in [-0.3, -0.25) is 0 Å². The average molecular weight is 311 g/mol. The summed E-state index contributed by atoms with van der Waals surface area (Å²) >= 11 is 0. The number of hydrogen-bond acceptors (Lipinski definition) is 1. The van der Waals surface area contributed by atoms with E-state index in [1.54, 1.807) is 0 Å². The van der Waals surface area contributed by atoms with Crippen LogP contribution in [0.25, 0.3) is 0 Å². The molecule has 2 aromatic rings. The molecular formula is C19H25N3O. The number of aryl methyl sites for hydroxylation is 3. The summed E-state index contributed by atoms with van der Waals surface area (Å²) in [7, 11) is 0. The van der Waals surface area contributed by atoms with Gasteiger partial charge in [-0.05, 0) is 62.6 Å². The lowest BCUT2D eigenvalue weighted by Crippen LogP contribution is -2.44. The topological polar surface area (TPSA) is 37.3 Å². The highest BCUT2D eigenvalue weighted by atomic mass is 16.2. The fourth-order valence-electron chi connectivity index (χ4n) is 3.62. The molecule has 2 amide bonds. The predicted octanol–water partition coefficient (Wildman–Crippen LogP) is 4.41. The molecule has 4 nitrogen and oxygen atoms in total. The smallest absolute Gasteiger partial charge is 0.322 e. The van der Waals surface area contributed by atoms with E-state index in [4.69, 9.17) is 0 Å². The molecule has 3 rings (SSSR count). The number of nitrogens with zero attached hydrogens (tertiary/aromatic N) is 2. The second kappa shape index (κ2) is 6.11. The van der Waals surface area contributed by atoms with E-state index in [1.807, 2.05) is 30.9 Å². The van der Waals surface area contributed by atoms with Gasteiger partial charge in [-0.15, -0.1) is 0 Å². The third kappa shape index (κ3) is 2.98. The van der Waals surface area contributed by atoms with Crippen molar-refractivity contribution in [3.05, 3.63) is 52.8 Å². The van der Waals surface area contributed by atoms with E-state index in [1.165, 1.54) is 11.4 Å². The molecule has 1 aliphatic heterocycles. The van der Waals surface area contributed by atoms with Gasteiger partial charge < -0.3 is 14.8 Å². The molecule has 1 atom stereocenters. The van der Waals surface area contributed by atoms with Crippen molar-refractivity contribution < 1.29 is 4.79 Å². The Morgan fingerprint density at radius 1 is 1.13 bits per heavy atom. The summed E-state index contributed by atoms with van der Waals surface area (Å²) in [5, 5.41) is 3.07. The Hall–Kier alpha value is -2.23. The van der Waals surface area contributed by atoms with Crippen molar-refractivity contribution in [3.63, 3.8) is 0 Å². The van der Waals surface area contributed by atoms with Gasteiger partial charge in [-0.1, -0.05) is 13.0 Å². The number of carbonyl (C=O) groups excluding carboxylic acids is 1. The van der Waals surface area contributed by atoms with Gasteiger partial charge in [0.15, 0.2) is 0 Å². The Bertz CT molecular complexity index is 712. The minimum absolute atomic E-state index is 0.00745. The van der Waals surface area contributed by atoms with Crippen LogP contribution >= 0.6 is 0 Å². The van der Waals surface area contributed by atoms with Gasteiger partial charge in [-0.2, -0.15) is 0 Å². The van der Waals surface area contributed by atoms with Gasteiger partial charge in [0.05, 0.1) is 6.04 Å². The highest BCUT2D eigenvalue weighted by Gasteiger charge is 2.30. The molecular weight excluding hydrogens is 286 g/mol. The van der Waals surface area contributed by atoms with Crippen LogP contribution in [0.15, 0.2) is 30.3 Å². The number of benzene rings is 1. The zero-order chi connectivity index (χ0) is 16.6. The molecule has 23 heavy (non-hydrogen) atoms. The summed E-state index contributed by atoms with van der Waals surface area (Å²) in [6, 6.07) is 10.6. The first kappa shape index (κ1) is 15.7. The number of aromatic nitrogens is 1. The number of urea groups is 1. The molecule has 0 unspecified atom stereocenters. The van der Waals surface area contributed by atoms with E-state index in [0.29, 0.717) is 0 Å². The number of hydrogen-bond donors (Lipinski definition) is 1. The van der Waals surface area contributed by atoms with Crippen molar-refractivity contribution in [1.82, 2.24) is 9.47 Å². The minimum atomic E-state index is -0.00745. The summed E-state index contributed by atoms with van der Waals surface area (Å²) in [5.41, 5.74) is 5.71. The van der Waals surface area contributed by atoms with E-state index in [2.05, 4.69) is 41.9 Å². The van der Waals surface area contributed by atoms with Crippen molar-refractivity contribution in [3.8, 4) is 0 Å². The molecule has 0 aliphatic carbocycles. The van der Waals surface area contributed by atoms with E-state index in [9.17, 15) is 4.79 Å². The molecule has 1 aliphatic rings. The Labute approximate surface area is 138 Å². The van der Waals surface area contributed by atoms with E-state index >= 15 is 0 Å². The van der Waals surface area contributed by atoms with E-state index in [-0.39, 0.29) is 12.1 Å². The van der Waals surface area contributed by atoms with E-state index in [0.717, 1.165) is 36.3 Å². The average Bonchev–Trinajstić information content (AvgIpc) is 2.86. The van der Waals surface area contributed by atoms with Crippen molar-refractivity contribution in [2.75, 3.05) is 11.9 Å². The molecule has 0 spiro atoms. The van der Waals surface area contributed by atoms with Crippen molar-refractivity contribution >= 4 is 11.7 Å². The molecule has 0 saturated carbocycles. The van der Waals surface area contributed by atoms with Crippen LogP contribution in [0.2, 0.25) is 0 Å². The number of rotatable bonds is 2. The van der Waals surface area contributed by atoms with Crippen molar-refractivity contribution in [2.45, 2.75) is 46.7 Å². The Kier molecular flexibility index (Phi) is 4.16. The first-order valence-electron chi connectivity index (χ1n) is 8.31. The molecule has 2 heterocycles. The number of amides is 2. The van der Waals surface area contributed by atoms with Crippen LogP contribution < -0.4 is 5.32 Å². The molecule has 0 radical (unpaired) electrons. The largest absolute Gasteiger partial charge is 0.345 e. The minimum Gasteiger partial charge on any atom is -0.345 e. The Balaban J connectivity index is 1.82. The Morgan fingerprint density at radius 3 is 2.48 bits per heavy atom. The number of nitrogens with one attached hydrogen (secondary N) is 1. The monoisotopic (exact) mass is 311 g/mol. The zero-order valence-electron chi connectivity index (χ0n) is 14.4. The molecule has 0 saturated heterocycles. The maximum absolute atomic E-state index is 12.8. The predicted molar refractivity (Wildman–Crippen MR) is 93.8 cm³/mol. The lowest BCUT2D eigenvalue weighted by Gasteiger charge is -2.37. The van der Waals surface area contributed by atoms with Crippen LogP contribution in [-0.2, 0) is 6.54 Å². The fourth-order valence-corrected chi connectivity index (χ4v) is 3.62. The standard InChI is InChI=1S/C19H25N3O/c1-5-17-18-7-6-15(4)21(18)8-9-22(17)19(23)20-16-11-13(2)10-14(3)12-16/h6-7,10-12,17H,5,8-9H2,1-4H3,(H,20,23)/t17-/m1/s1. The summed E-state index contributed by atoms with van der Waals surface area (Å²) < 4.78 is 2.33. The molecule has 1 N–H and O–H groups in total. The number of carbonyl (C=O) groups is 1. The highest BCUT2D eigenvalue weighted by Crippen LogP contribution is 2.30. The molecule has 1 aromatic heterocycles. The lowest BCUT2D eigenvalue weighted by molar-refractivity contribution is 0.165. The molecule has 0 bridgehead atoms. The maximum Gasteiger partial charge on any atom is 0.322 e. The van der Waals surface area contributed by atoms with Gasteiger partial charge in [0.2, 0.25) is 0 Å². The van der Waals surface area contributed by atoms with Crippen LogP contribution in [0.5, 0.6) is 0 Å². The highest BCUT2D eigenvalue weighted by molar-refractivity contribution is 5.90. The van der Waals surface area contributed by atoms with Gasteiger partial charge >= 0.3 is 6.03 Å². The molecule has 122 valence electrons. The van der Waals surface area contributed by atoms with Crippen LogP contribution in [-0.4, -0.2) is 22.0 Å². The number of anilines is 1. The summed E-state index contributed by atoms with van der Waals surface area (Å²) in [6.45, 7) is 9.98. The molecule has 0 fully saturated rings. The van der Waals surface area contributed by atoms with Crippen molar-refractivity contribution in [1.29, 1.82) is 0 Å². The normalized spacial score (nSPS) is 17.0. The maximum atomic E-state index is 12.8. The van der Waals surface area contributed by atoms with Gasteiger partial charge in [0.25, 0.3) is 0 Å². The van der Waals surface area contributed by atoms with Crippen LogP contribution in [0.4, 0.5) is 10.5 Å². The third-order valence-electron chi connectivity index (χ3n) is 4.64. The molecule has 1 aromatic carbocycles. The summed E-state index contributed by atoms with van der Waals surface area (Å²) in [4.78, 5) is 14.7. The van der Waals surface area contributed by atoms with E-state index < -0.39 is 0 Å². The van der Waals surface area contributed by atoms with Crippen LogP contribution in [0, 0.1) is 20.8 Å². The third-order valence-corrected chi connectivity index (χ3v) is 4.64. The summed E-state index contributed by atoms with van der Waals surface area (Å²) in [6.07, 6.45) is 0.920. The quantitative estimate of drug-likeness (QED) is 0.876. The second-order valence-electron chi connectivity index (χ2n) is 6.48. The van der Waals surface area contributed by atoms with Gasteiger partial charge in [0, 0.05) is 30.2 Å². The van der Waals surface area contributed by atoms with Crippen molar-refractivity contribution in [2.24, 2.45) is 0 Å². The fraction of sp³-hybridized carbons (Fsp3) is 0.421. The SMILES string of the molecule is CC[C@@H]1c2ccc(C)n2CCN1C(=O)Nc1cc(C)cc(C)c1. The Morgan fingerprint density at radius 2 is 1.83 bits per heavy atom. The zero-order valence-corrected chi connectivity index (χ0v) is 14.4. The number of fused-ring (bicyclic) bond motifs is 1. The lowest BCUT2D eigenvalue weighted by atomic mass is 10.1.